The molecule has 0 spiro atoms. The predicted octanol–water partition coefficient (Wildman–Crippen LogP) is 7.75. The quantitative estimate of drug-likeness (QED) is 0.0268. The molecule has 1 atom stereocenters. The molecule has 0 aromatic carbocycles. The maximum absolute atomic E-state index is 12.3. The van der Waals surface area contributed by atoms with Crippen molar-refractivity contribution in [3.8, 4) is 0 Å². The Hall–Kier alpha value is -2.95. The first-order valence-corrected chi connectivity index (χ1v) is 23.0. The first-order chi connectivity index (χ1) is 28.0. The zero-order valence-corrected chi connectivity index (χ0v) is 38.0. The van der Waals surface area contributed by atoms with Crippen LogP contribution in [0, 0.1) is 5.41 Å². The lowest BCUT2D eigenvalue weighted by molar-refractivity contribution is -0.157. The van der Waals surface area contributed by atoms with Crippen LogP contribution in [0.5, 0.6) is 0 Å². The van der Waals surface area contributed by atoms with E-state index in [1.165, 1.54) is 50.0 Å². The minimum Gasteiger partial charge on any atom is -0.481 e. The minimum absolute atomic E-state index is 0.105. The van der Waals surface area contributed by atoms with Gasteiger partial charge >= 0.3 is 24.1 Å². The van der Waals surface area contributed by atoms with Crippen LogP contribution >= 0.6 is 11.8 Å². The van der Waals surface area contributed by atoms with Crippen LogP contribution in [-0.2, 0) is 42.9 Å². The maximum atomic E-state index is 12.3. The Kier molecular flexibility index (Phi) is 34.0. The summed E-state index contributed by atoms with van der Waals surface area (Å²) in [5.41, 5.74) is -1.05. The van der Waals surface area contributed by atoms with Crippen LogP contribution in [0.2, 0.25) is 0 Å². The fourth-order valence-electron chi connectivity index (χ4n) is 5.43. The van der Waals surface area contributed by atoms with E-state index in [-0.39, 0.29) is 30.7 Å². The molecule has 0 bridgehead atoms. The number of carbonyl (C=O) groups is 6. The number of alkyl carbamates (subject to hydrolysis) is 2. The van der Waals surface area contributed by atoms with Crippen molar-refractivity contribution in [3.05, 3.63) is 0 Å². The van der Waals surface area contributed by atoms with Crippen LogP contribution < -0.4 is 16.0 Å². The highest BCUT2D eigenvalue weighted by atomic mass is 32.2. The first-order valence-electron chi connectivity index (χ1n) is 21.8. The number of thioether (sulfide) groups is 1. The second-order valence-electron chi connectivity index (χ2n) is 16.7. The van der Waals surface area contributed by atoms with Gasteiger partial charge < -0.3 is 44.7 Å². The van der Waals surface area contributed by atoms with E-state index in [1.807, 2.05) is 32.5 Å². The highest BCUT2D eigenvalue weighted by molar-refractivity contribution is 7.99. The van der Waals surface area contributed by atoms with E-state index >= 15 is 0 Å². The lowest BCUT2D eigenvalue weighted by Gasteiger charge is -2.24. The molecular weight excluding hydrogens is 783 g/mol. The van der Waals surface area contributed by atoms with Crippen LogP contribution in [0.3, 0.4) is 0 Å². The summed E-state index contributed by atoms with van der Waals surface area (Å²) in [5, 5.41) is 16.5. The fraction of sp³-hybridized carbons (Fsp3) is 0.860. The number of hydrogen-bond donors (Lipinski definition) is 4. The first kappa shape index (κ1) is 56.0. The van der Waals surface area contributed by atoms with Crippen molar-refractivity contribution >= 4 is 47.6 Å². The van der Waals surface area contributed by atoms with Gasteiger partial charge in [-0.15, -0.1) is 0 Å². The lowest BCUT2D eigenvalue weighted by Crippen LogP contribution is -2.46. The number of nitrogens with one attached hydrogen (secondary N) is 3. The molecule has 0 rings (SSSR count). The molecule has 3 amide bonds. The summed E-state index contributed by atoms with van der Waals surface area (Å²) < 4.78 is 26.5. The smallest absolute Gasteiger partial charge is 0.416 e. The molecule has 344 valence electrons. The molecule has 0 saturated heterocycles. The van der Waals surface area contributed by atoms with Gasteiger partial charge in [0.15, 0.2) is 0 Å². The van der Waals surface area contributed by atoms with Crippen molar-refractivity contribution in [2.24, 2.45) is 5.41 Å². The van der Waals surface area contributed by atoms with E-state index in [0.717, 1.165) is 51.4 Å². The third-order valence-electron chi connectivity index (χ3n) is 8.80. The summed E-state index contributed by atoms with van der Waals surface area (Å²) in [6.07, 6.45) is 13.0. The highest BCUT2D eigenvalue weighted by Gasteiger charge is 2.28. The molecule has 16 heteroatoms. The third kappa shape index (κ3) is 39.0. The lowest BCUT2D eigenvalue weighted by atomic mass is 9.88. The van der Waals surface area contributed by atoms with Crippen LogP contribution in [0.15, 0.2) is 0 Å². The third-order valence-corrected chi connectivity index (χ3v) is 9.96. The molecule has 15 nitrogen and oxygen atoms in total. The average Bonchev–Trinajstić information content (AvgIpc) is 3.14. The van der Waals surface area contributed by atoms with E-state index in [4.69, 9.17) is 24.1 Å². The monoisotopic (exact) mass is 862 g/mol. The highest BCUT2D eigenvalue weighted by Crippen LogP contribution is 2.19. The van der Waals surface area contributed by atoms with Gasteiger partial charge in [-0.05, 0) is 90.1 Å². The molecule has 0 aromatic rings. The number of amides is 3. The summed E-state index contributed by atoms with van der Waals surface area (Å²) in [5.74, 6) is 0.948. The molecule has 4 N–H and O–H groups in total. The molecule has 0 radical (unpaired) electrons. The summed E-state index contributed by atoms with van der Waals surface area (Å²) >= 11 is 2.05. The molecule has 0 fully saturated rings. The van der Waals surface area contributed by atoms with Crippen LogP contribution in [0.25, 0.3) is 0 Å². The number of esters is 1. The Morgan fingerprint density at radius 1 is 0.559 bits per heavy atom. The van der Waals surface area contributed by atoms with E-state index in [0.29, 0.717) is 64.8 Å². The van der Waals surface area contributed by atoms with Crippen molar-refractivity contribution in [2.75, 3.05) is 64.2 Å². The number of carboxylic acids is 1. The minimum atomic E-state index is -1.28. The summed E-state index contributed by atoms with van der Waals surface area (Å²) in [7, 11) is 0. The van der Waals surface area contributed by atoms with Crippen LogP contribution in [-0.4, -0.2) is 117 Å². The number of carboxylic acid groups (broad SMARTS) is 1. The van der Waals surface area contributed by atoms with Gasteiger partial charge in [-0.1, -0.05) is 59.3 Å². The van der Waals surface area contributed by atoms with Crippen LogP contribution in [0.4, 0.5) is 9.59 Å². The number of Topliss-reactive ketones (excluding diaryl/α,β-unsaturated/α-hetero) is 1. The Bertz CT molecular complexity index is 1160. The van der Waals surface area contributed by atoms with Crippen molar-refractivity contribution in [2.45, 2.75) is 169 Å². The molecule has 0 heterocycles. The standard InChI is InChI=1S/C43H79N3O12S/c1-42(2,3)36(47)21-14-9-7-11-18-33-59-34-19-12-8-10-15-22-37(48)44-26-20-28-55-30-32-56-31-29-54-27-17-13-16-25-45-40(52)57-41(53)46-35(23-24-38(49)50)39(51)58-43(4,5)6/h35H,7-34H2,1-6H3,(H,44,48)(H,45,52)(H,46,53)(H,49,50). The van der Waals surface area contributed by atoms with Gasteiger partial charge in [-0.25, -0.2) is 14.4 Å². The molecule has 59 heavy (non-hydrogen) atoms. The van der Waals surface area contributed by atoms with Gasteiger partial charge in [0, 0.05) is 51.0 Å². The van der Waals surface area contributed by atoms with Gasteiger partial charge in [0.1, 0.15) is 17.4 Å². The van der Waals surface area contributed by atoms with Gasteiger partial charge in [-0.2, -0.15) is 11.8 Å². The van der Waals surface area contributed by atoms with E-state index in [1.54, 1.807) is 20.8 Å². The van der Waals surface area contributed by atoms with Gasteiger partial charge in [-0.3, -0.25) is 14.4 Å². The van der Waals surface area contributed by atoms with Crippen molar-refractivity contribution in [3.63, 3.8) is 0 Å². The predicted molar refractivity (Wildman–Crippen MR) is 231 cm³/mol. The molecule has 1 unspecified atom stereocenters. The maximum Gasteiger partial charge on any atom is 0.416 e. The molecule has 0 aliphatic rings. The summed E-state index contributed by atoms with van der Waals surface area (Å²) in [6, 6.07) is -1.28. The average molecular weight is 862 g/mol. The van der Waals surface area contributed by atoms with Gasteiger partial charge in [0.2, 0.25) is 5.91 Å². The van der Waals surface area contributed by atoms with Gasteiger partial charge in [0.25, 0.3) is 0 Å². The fourth-order valence-corrected chi connectivity index (χ4v) is 6.45. The Balaban J connectivity index is 3.52. The number of aliphatic carboxylic acids is 1. The Morgan fingerprint density at radius 2 is 1.07 bits per heavy atom. The largest absolute Gasteiger partial charge is 0.481 e. The van der Waals surface area contributed by atoms with Crippen LogP contribution in [0.1, 0.15) is 157 Å². The number of carbonyl (C=O) groups excluding carboxylic acids is 5. The van der Waals surface area contributed by atoms with E-state index in [2.05, 4.69) is 20.7 Å². The van der Waals surface area contributed by atoms with Crippen molar-refractivity contribution in [1.82, 2.24) is 16.0 Å². The zero-order chi connectivity index (χ0) is 44.2. The second-order valence-corrected chi connectivity index (χ2v) is 17.9. The Morgan fingerprint density at radius 3 is 1.64 bits per heavy atom. The van der Waals surface area contributed by atoms with Gasteiger partial charge in [0.05, 0.1) is 26.4 Å². The topological polar surface area (TPSA) is 205 Å². The molecule has 0 aliphatic carbocycles. The van der Waals surface area contributed by atoms with E-state index in [9.17, 15) is 28.8 Å². The normalized spacial score (nSPS) is 12.1. The molecule has 0 aromatic heterocycles. The SMILES string of the molecule is CC(C)(C)OC(=O)C(CCC(=O)O)NC(=O)OC(=O)NCCCCCOCCOCCOCCCNC(=O)CCCCCCCSCCCCCCCC(=O)C(C)(C)C. The number of ether oxygens (including phenoxy) is 5. The zero-order valence-electron chi connectivity index (χ0n) is 37.2. The molecular formula is C43H79N3O12S. The number of hydrogen-bond acceptors (Lipinski definition) is 12. The number of unbranched alkanes of at least 4 members (excludes halogenated alkanes) is 10. The van der Waals surface area contributed by atoms with Crippen molar-refractivity contribution in [1.29, 1.82) is 0 Å². The van der Waals surface area contributed by atoms with Crippen molar-refractivity contribution < 1.29 is 57.6 Å². The molecule has 0 aliphatic heterocycles. The number of ketones is 1. The summed E-state index contributed by atoms with van der Waals surface area (Å²) in [6.45, 7) is 14.7. The van der Waals surface area contributed by atoms with E-state index < -0.39 is 35.8 Å². The molecule has 0 saturated carbocycles. The summed E-state index contributed by atoms with van der Waals surface area (Å²) in [4.78, 5) is 71.3. The Labute approximate surface area is 358 Å². The number of rotatable bonds is 37. The second kappa shape index (κ2) is 35.8.